The fraction of sp³-hybridized carbons (Fsp3) is 0.333. The number of aromatic nitrogens is 2. The molecule has 37 heavy (non-hydrogen) atoms. The van der Waals surface area contributed by atoms with E-state index in [2.05, 4.69) is 24.5 Å². The van der Waals surface area contributed by atoms with Gasteiger partial charge in [-0.2, -0.15) is 0 Å². The quantitative estimate of drug-likeness (QED) is 0.185. The van der Waals surface area contributed by atoms with Gasteiger partial charge in [0.25, 0.3) is 0 Å². The first kappa shape index (κ1) is 17.0. The summed E-state index contributed by atoms with van der Waals surface area (Å²) in [6, 6.07) is 12.1. The standard InChI is InChI=1S/C25H15F4N2.C5H5.Fe/c26-18-4-6-24(22(28)12-18)30-10-8-16(14-30)20-2-1-3-21(20)17-9-11-31(15-17)25-7-5-19(27)13-23(25)29;1-2-4-5-3-1;/h1-15H;1-5H;. The molecule has 0 aliphatic carbocycles. The second kappa shape index (κ2) is 2.39. The Labute approximate surface area is 199 Å². The van der Waals surface area contributed by atoms with Crippen molar-refractivity contribution in [2.24, 2.45) is 0 Å². The number of benzene rings is 2. The Balaban J connectivity index is 1.04. The summed E-state index contributed by atoms with van der Waals surface area (Å²) in [5.74, 6) is -2.21. The van der Waals surface area contributed by atoms with E-state index in [1.54, 1.807) is 0 Å². The topological polar surface area (TPSA) is 9.86 Å². The molecule has 10 aliphatic rings. The van der Waals surface area contributed by atoms with Gasteiger partial charge in [-0.15, -0.1) is 0 Å². The Morgan fingerprint density at radius 1 is 0.568 bits per heavy atom. The number of nitrogens with zero attached hydrogens (tertiary/aromatic N) is 2. The zero-order valence-electron chi connectivity index (χ0n) is 19.3. The molecular formula is C30H20F4FeN2. The average Bonchev–Trinajstić information content (AvgIpc) is 3.70. The van der Waals surface area contributed by atoms with Crippen LogP contribution < -0.4 is 0 Å². The van der Waals surface area contributed by atoms with E-state index in [9.17, 15) is 17.6 Å². The molecule has 2 nitrogen and oxygen atoms in total. The molecule has 4 atom stereocenters. The molecule has 0 bridgehead atoms. The molecule has 10 aliphatic heterocycles. The van der Waals surface area contributed by atoms with E-state index in [0.717, 1.165) is 50.7 Å². The Kier molecular flexibility index (Phi) is 1.09. The van der Waals surface area contributed by atoms with Crippen LogP contribution in [0.1, 0.15) is 11.1 Å². The number of fused-ring (bicyclic) bond motifs is 10. The van der Waals surface area contributed by atoms with Crippen molar-refractivity contribution < 1.29 is 24.1 Å². The van der Waals surface area contributed by atoms with E-state index in [4.69, 9.17) is 0 Å². The Morgan fingerprint density at radius 2 is 1.00 bits per heavy atom. The van der Waals surface area contributed by atoms with Crippen LogP contribution in [0.4, 0.5) is 17.6 Å². The molecule has 4 aromatic rings. The number of rotatable bonds is 4. The minimum atomic E-state index is -3.98. The van der Waals surface area contributed by atoms with Gasteiger partial charge in [0.2, 0.25) is 0 Å². The van der Waals surface area contributed by atoms with Crippen LogP contribution in [-0.2, 0) is 15.1 Å². The summed E-state index contributed by atoms with van der Waals surface area (Å²) in [6.07, 6.45) is 8.31. The van der Waals surface area contributed by atoms with Crippen molar-refractivity contribution in [3.05, 3.63) is 108 Å². The van der Waals surface area contributed by atoms with Crippen LogP contribution in [0.25, 0.3) is 11.4 Å². The first-order valence-electron chi connectivity index (χ1n) is 13.2. The van der Waals surface area contributed by atoms with Gasteiger partial charge in [0.05, 0.1) is 0 Å². The van der Waals surface area contributed by atoms with E-state index in [0.29, 0.717) is 20.0 Å². The molecule has 10 fully saturated rings. The van der Waals surface area contributed by atoms with Gasteiger partial charge in [-0.3, -0.25) is 0 Å². The summed E-state index contributed by atoms with van der Waals surface area (Å²) < 4.78 is 60.9. The predicted molar refractivity (Wildman–Crippen MR) is 125 cm³/mol. The summed E-state index contributed by atoms with van der Waals surface area (Å²) in [5.41, 5.74) is 3.62. The van der Waals surface area contributed by atoms with Crippen LogP contribution in [0.15, 0.2) is 73.3 Å². The molecule has 2 aromatic heterocycles. The summed E-state index contributed by atoms with van der Waals surface area (Å²) in [6.45, 7) is -3.98. The average molecular weight is 540 g/mol. The number of halogens is 4. The summed E-state index contributed by atoms with van der Waals surface area (Å²) in [5, 5.41) is 0. The van der Waals surface area contributed by atoms with Gasteiger partial charge in [-0.25, -0.2) is 0 Å². The van der Waals surface area contributed by atoms with E-state index in [-0.39, 0.29) is 0 Å². The second-order valence-corrected chi connectivity index (χ2v) is 38.8. The van der Waals surface area contributed by atoms with Crippen LogP contribution in [0.5, 0.6) is 0 Å². The molecule has 0 N–H and O–H groups in total. The minimum absolute atomic E-state index is 0.293. The van der Waals surface area contributed by atoms with Crippen LogP contribution in [-0.4, -0.2) is 9.13 Å². The molecule has 0 amide bonds. The summed E-state index contributed by atoms with van der Waals surface area (Å²) >= 11 is 0. The van der Waals surface area contributed by atoms with Gasteiger partial charge >= 0.3 is 199 Å². The van der Waals surface area contributed by atoms with Gasteiger partial charge in [0, 0.05) is 0 Å². The molecule has 0 saturated carbocycles. The van der Waals surface area contributed by atoms with Crippen molar-refractivity contribution >= 4 is 0 Å². The predicted octanol–water partition coefficient (Wildman–Crippen LogP) is 7.73. The Morgan fingerprint density at radius 3 is 1.35 bits per heavy atom. The van der Waals surface area contributed by atoms with Crippen LogP contribution in [0.2, 0.25) is 38.5 Å². The monoisotopic (exact) mass is 540 g/mol. The Hall–Kier alpha value is -2.76. The molecule has 186 valence electrons. The maximum atomic E-state index is 14.7. The molecule has 10 saturated heterocycles. The third-order valence-corrected chi connectivity index (χ3v) is 62.3. The second-order valence-electron chi connectivity index (χ2n) is 15.6. The molecule has 12 heterocycles. The molecule has 4 unspecified atom stereocenters. The fourth-order valence-corrected chi connectivity index (χ4v) is 97.3. The van der Waals surface area contributed by atoms with Gasteiger partial charge < -0.3 is 0 Å². The maximum absolute atomic E-state index is 14.7. The van der Waals surface area contributed by atoms with Gasteiger partial charge in [-0.1, -0.05) is 0 Å². The van der Waals surface area contributed by atoms with E-state index in [1.165, 1.54) is 35.4 Å². The van der Waals surface area contributed by atoms with Crippen molar-refractivity contribution in [2.75, 3.05) is 0 Å². The fourth-order valence-electron chi connectivity index (χ4n) is 21.1. The van der Waals surface area contributed by atoms with Crippen LogP contribution in [0, 0.1) is 23.3 Å². The number of hydrogen-bond donors (Lipinski definition) is 0. The van der Waals surface area contributed by atoms with Gasteiger partial charge in [0.1, 0.15) is 0 Å². The van der Waals surface area contributed by atoms with Crippen molar-refractivity contribution in [3.8, 4) is 11.4 Å². The van der Waals surface area contributed by atoms with E-state index in [1.807, 2.05) is 21.5 Å². The molecular weight excluding hydrogens is 520 g/mol. The Bertz CT molecular complexity index is 2160. The molecule has 14 rings (SSSR count). The zero-order valence-corrected chi connectivity index (χ0v) is 20.4. The van der Waals surface area contributed by atoms with E-state index < -0.39 is 29.8 Å². The third-order valence-electron chi connectivity index (χ3n) is 19.5. The third kappa shape index (κ3) is 0.390. The van der Waals surface area contributed by atoms with Crippen molar-refractivity contribution in [2.45, 2.75) is 47.2 Å². The van der Waals surface area contributed by atoms with E-state index >= 15 is 0 Å². The van der Waals surface area contributed by atoms with Crippen molar-refractivity contribution in [1.29, 1.82) is 0 Å². The molecule has 1 spiro atoms. The first-order chi connectivity index (χ1) is 17.7. The van der Waals surface area contributed by atoms with Crippen LogP contribution >= 0.6 is 0 Å². The van der Waals surface area contributed by atoms with Crippen molar-refractivity contribution in [3.63, 3.8) is 0 Å². The van der Waals surface area contributed by atoms with Crippen LogP contribution in [0.3, 0.4) is 0 Å². The molecule has 2 aromatic carbocycles. The van der Waals surface area contributed by atoms with Gasteiger partial charge in [-0.05, 0) is 0 Å². The number of hydrogen-bond acceptors (Lipinski definition) is 0. The summed E-state index contributed by atoms with van der Waals surface area (Å²) in [4.78, 5) is 8.03. The summed E-state index contributed by atoms with van der Waals surface area (Å²) in [7, 11) is 0. The zero-order chi connectivity index (χ0) is 24.2. The SMILES string of the molecule is Fc1ccc(-n2ccc([C]34[CH]5[CH]6[CH]7[C]3(c3ccn(-c8ccc(F)cc8F)c3)[Fe]6574389%10[CH]4[CH]3[CH]8[CH]9[CH]4%10)c2)c(F)c1. The normalized spacial score (nSPS) is 63.1. The van der Waals surface area contributed by atoms with Gasteiger partial charge in [0.15, 0.2) is 0 Å². The van der Waals surface area contributed by atoms with Crippen molar-refractivity contribution in [1.82, 2.24) is 9.13 Å². The first-order valence-corrected chi connectivity index (χ1v) is 19.4. The molecule has 7 heteroatoms. The molecule has 0 radical (unpaired) electrons.